The number of nitrogens with zero attached hydrogens (tertiary/aromatic N) is 4. The molecule has 1 unspecified atom stereocenters. The van der Waals surface area contributed by atoms with E-state index in [0.29, 0.717) is 29.4 Å². The lowest BCUT2D eigenvalue weighted by molar-refractivity contribution is -0.136. The van der Waals surface area contributed by atoms with Gasteiger partial charge in [-0.05, 0) is 42.8 Å². The number of para-hydroxylation sites is 2. The second-order valence-corrected chi connectivity index (χ2v) is 8.88. The van der Waals surface area contributed by atoms with E-state index < -0.39 is 6.04 Å². The lowest BCUT2D eigenvalue weighted by atomic mass is 10.2. The Hall–Kier alpha value is -3.51. The van der Waals surface area contributed by atoms with Crippen molar-refractivity contribution in [2.45, 2.75) is 38.9 Å². The zero-order valence-electron chi connectivity index (χ0n) is 18.4. The Labute approximate surface area is 195 Å². The second kappa shape index (κ2) is 9.96. The molecule has 1 aliphatic rings. The van der Waals surface area contributed by atoms with Crippen molar-refractivity contribution in [3.63, 3.8) is 0 Å². The van der Waals surface area contributed by atoms with Crippen LogP contribution in [-0.2, 0) is 22.7 Å². The van der Waals surface area contributed by atoms with Crippen molar-refractivity contribution >= 4 is 40.3 Å². The Bertz CT molecular complexity index is 1270. The number of anilines is 1. The summed E-state index contributed by atoms with van der Waals surface area (Å²) in [5.74, 6) is 0.550. The fourth-order valence-electron chi connectivity index (χ4n) is 4.04. The number of rotatable bonds is 7. The number of hydrogen-bond acceptors (Lipinski definition) is 5. The molecule has 1 atom stereocenters. The van der Waals surface area contributed by atoms with Crippen molar-refractivity contribution in [2.24, 2.45) is 0 Å². The number of aryl methyl sites for hydroxylation is 2. The van der Waals surface area contributed by atoms with Crippen molar-refractivity contribution in [2.75, 3.05) is 16.9 Å². The number of nitrogens with one attached hydrogen (secondary N) is 1. The molecule has 2 aromatic carbocycles. The Morgan fingerprint density at radius 1 is 1.09 bits per heavy atom. The molecular weight excluding hydrogens is 438 g/mol. The first kappa shape index (κ1) is 22.7. The molecule has 3 aromatic rings. The van der Waals surface area contributed by atoms with Gasteiger partial charge >= 0.3 is 5.69 Å². The van der Waals surface area contributed by atoms with Gasteiger partial charge < -0.3 is 10.2 Å². The smallest absolute Gasteiger partial charge is 0.324 e. The summed E-state index contributed by atoms with van der Waals surface area (Å²) < 4.78 is 3.40. The summed E-state index contributed by atoms with van der Waals surface area (Å²) in [5.41, 5.74) is 2.66. The van der Waals surface area contributed by atoms with Gasteiger partial charge in [0.2, 0.25) is 11.8 Å². The summed E-state index contributed by atoms with van der Waals surface area (Å²) in [7, 11) is 0. The van der Waals surface area contributed by atoms with Crippen LogP contribution in [0.5, 0.6) is 0 Å². The highest BCUT2D eigenvalue weighted by Crippen LogP contribution is 2.24. The summed E-state index contributed by atoms with van der Waals surface area (Å²) in [6.07, 6.45) is 0.981. The molecule has 2 amide bonds. The summed E-state index contributed by atoms with van der Waals surface area (Å²) in [4.78, 5) is 40.4. The minimum Gasteiger partial charge on any atom is -0.324 e. The maximum atomic E-state index is 13.0. The van der Waals surface area contributed by atoms with Crippen LogP contribution in [0.4, 0.5) is 5.69 Å². The lowest BCUT2D eigenvalue weighted by Crippen LogP contribution is -2.44. The van der Waals surface area contributed by atoms with Crippen LogP contribution in [0.25, 0.3) is 11.0 Å². The van der Waals surface area contributed by atoms with Gasteiger partial charge in [-0.2, -0.15) is 5.26 Å². The number of fused-ring (bicyclic) bond motifs is 1. The first-order valence-electron chi connectivity index (χ1n) is 10.9. The summed E-state index contributed by atoms with van der Waals surface area (Å²) in [5, 5.41) is 11.7. The third-order valence-electron chi connectivity index (χ3n) is 5.71. The summed E-state index contributed by atoms with van der Waals surface area (Å²) >= 11 is 1.53. The molecule has 0 saturated carbocycles. The minimum atomic E-state index is -0.573. The molecule has 1 fully saturated rings. The first-order valence-corrected chi connectivity index (χ1v) is 12.0. The molecule has 1 saturated heterocycles. The maximum absolute atomic E-state index is 13.0. The lowest BCUT2D eigenvalue weighted by Gasteiger charge is -2.23. The summed E-state index contributed by atoms with van der Waals surface area (Å²) in [6, 6.07) is 15.7. The molecular formula is C24H25N5O3S. The quantitative estimate of drug-likeness (QED) is 0.581. The Balaban J connectivity index is 1.45. The van der Waals surface area contributed by atoms with Crippen molar-refractivity contribution in [3.8, 4) is 6.07 Å². The van der Waals surface area contributed by atoms with Crippen molar-refractivity contribution in [1.82, 2.24) is 14.0 Å². The van der Waals surface area contributed by atoms with Gasteiger partial charge in [0.1, 0.15) is 6.04 Å². The fourth-order valence-corrected chi connectivity index (χ4v) is 5.22. The Kier molecular flexibility index (Phi) is 6.84. The van der Waals surface area contributed by atoms with Gasteiger partial charge in [-0.1, -0.05) is 19.1 Å². The van der Waals surface area contributed by atoms with Crippen molar-refractivity contribution < 1.29 is 9.59 Å². The molecule has 2 heterocycles. The highest BCUT2D eigenvalue weighted by atomic mass is 32.2. The molecule has 1 aliphatic heterocycles. The van der Waals surface area contributed by atoms with Crippen LogP contribution in [0.1, 0.15) is 25.3 Å². The number of hydrogen-bond donors (Lipinski definition) is 1. The zero-order valence-corrected chi connectivity index (χ0v) is 19.2. The van der Waals surface area contributed by atoms with Crippen molar-refractivity contribution in [1.29, 1.82) is 5.26 Å². The van der Waals surface area contributed by atoms with E-state index in [9.17, 15) is 14.4 Å². The maximum Gasteiger partial charge on any atom is 0.329 e. The van der Waals surface area contributed by atoms with Gasteiger partial charge in [-0.25, -0.2) is 4.79 Å². The molecule has 9 heteroatoms. The highest BCUT2D eigenvalue weighted by molar-refractivity contribution is 7.99. The second-order valence-electron chi connectivity index (χ2n) is 7.88. The predicted octanol–water partition coefficient (Wildman–Crippen LogP) is 3.01. The molecule has 170 valence electrons. The fraction of sp³-hybridized carbons (Fsp3) is 0.333. The van der Waals surface area contributed by atoms with E-state index >= 15 is 0 Å². The molecule has 4 rings (SSSR count). The number of aromatic nitrogens is 2. The zero-order chi connectivity index (χ0) is 23.4. The predicted molar refractivity (Wildman–Crippen MR) is 129 cm³/mol. The van der Waals surface area contributed by atoms with Crippen LogP contribution in [0.2, 0.25) is 0 Å². The first-order chi connectivity index (χ1) is 16.0. The normalized spacial score (nSPS) is 15.5. The van der Waals surface area contributed by atoms with E-state index in [1.54, 1.807) is 38.3 Å². The van der Waals surface area contributed by atoms with Crippen LogP contribution in [0.15, 0.2) is 53.3 Å². The van der Waals surface area contributed by atoms with Gasteiger partial charge in [-0.3, -0.25) is 18.7 Å². The largest absolute Gasteiger partial charge is 0.329 e. The van der Waals surface area contributed by atoms with E-state index in [0.717, 1.165) is 17.5 Å². The topological polar surface area (TPSA) is 100 Å². The van der Waals surface area contributed by atoms with Crippen LogP contribution in [0.3, 0.4) is 0 Å². The molecule has 8 nitrogen and oxygen atoms in total. The van der Waals surface area contributed by atoms with E-state index in [4.69, 9.17) is 5.26 Å². The number of amides is 2. The number of nitriles is 1. The monoisotopic (exact) mass is 463 g/mol. The van der Waals surface area contributed by atoms with Gasteiger partial charge in [0, 0.05) is 31.0 Å². The molecule has 0 spiro atoms. The standard InChI is InChI=1S/C24H25N5O3S/c1-2-12-27-19-5-3-4-6-20(19)28(24(27)32)13-11-22(30)29-16-33-15-21(29)23(31)26-18-9-7-17(14-25)8-10-18/h3-10,21H,2,11-13,15-16H2,1H3,(H,26,31). The number of benzene rings is 2. The Morgan fingerprint density at radius 2 is 1.76 bits per heavy atom. The van der Waals surface area contributed by atoms with E-state index in [-0.39, 0.29) is 30.5 Å². The average Bonchev–Trinajstić information content (AvgIpc) is 3.42. The van der Waals surface area contributed by atoms with Gasteiger partial charge in [-0.15, -0.1) is 11.8 Å². The molecule has 0 aliphatic carbocycles. The van der Waals surface area contributed by atoms with E-state index in [1.165, 1.54) is 11.8 Å². The highest BCUT2D eigenvalue weighted by Gasteiger charge is 2.34. The third kappa shape index (κ3) is 4.66. The van der Waals surface area contributed by atoms with Gasteiger partial charge in [0.05, 0.1) is 28.5 Å². The number of imidazole rings is 1. The molecule has 1 N–H and O–H groups in total. The number of carbonyl (C=O) groups is 2. The van der Waals surface area contributed by atoms with Gasteiger partial charge in [0.25, 0.3) is 0 Å². The molecule has 33 heavy (non-hydrogen) atoms. The molecule has 1 aromatic heterocycles. The van der Waals surface area contributed by atoms with E-state index in [1.807, 2.05) is 37.3 Å². The number of carbonyl (C=O) groups excluding carboxylic acids is 2. The van der Waals surface area contributed by atoms with Crippen molar-refractivity contribution in [3.05, 3.63) is 64.6 Å². The SMILES string of the molecule is CCCn1c(=O)n(CCC(=O)N2CSCC2C(=O)Nc2ccc(C#N)cc2)c2ccccc21. The molecule has 0 radical (unpaired) electrons. The minimum absolute atomic E-state index is 0.114. The van der Waals surface area contributed by atoms with Crippen LogP contribution in [0, 0.1) is 11.3 Å². The molecule has 0 bridgehead atoms. The van der Waals surface area contributed by atoms with Gasteiger partial charge in [0.15, 0.2) is 0 Å². The number of thioether (sulfide) groups is 1. The van der Waals surface area contributed by atoms with E-state index in [2.05, 4.69) is 5.32 Å². The third-order valence-corrected chi connectivity index (χ3v) is 6.72. The van der Waals surface area contributed by atoms with Crippen LogP contribution < -0.4 is 11.0 Å². The van der Waals surface area contributed by atoms with Crippen LogP contribution in [-0.4, -0.2) is 43.5 Å². The Morgan fingerprint density at radius 3 is 2.39 bits per heavy atom. The summed E-state index contributed by atoms with van der Waals surface area (Å²) in [6.45, 7) is 2.91. The van der Waals surface area contributed by atoms with Crippen LogP contribution >= 0.6 is 11.8 Å². The average molecular weight is 464 g/mol.